The number of nitrogens with one attached hydrogen (secondary N) is 1. The summed E-state index contributed by atoms with van der Waals surface area (Å²) in [6.07, 6.45) is -0.513. The summed E-state index contributed by atoms with van der Waals surface area (Å²) in [5, 5.41) is 7.57. The lowest BCUT2D eigenvalue weighted by molar-refractivity contribution is 0.0232. The van der Waals surface area contributed by atoms with Gasteiger partial charge in [-0.15, -0.1) is 0 Å². The van der Waals surface area contributed by atoms with Crippen LogP contribution in [0.2, 0.25) is 0 Å². The molecule has 0 unspecified atom stereocenters. The van der Waals surface area contributed by atoms with Crippen LogP contribution in [0.15, 0.2) is 48.5 Å². The zero-order valence-corrected chi connectivity index (χ0v) is 18.5. The van der Waals surface area contributed by atoms with E-state index in [1.807, 2.05) is 64.3 Å². The number of hydrazine groups is 1. The number of benzene rings is 3. The molecule has 3 aromatic carbocycles. The van der Waals surface area contributed by atoms with Gasteiger partial charge in [0.25, 0.3) is 5.91 Å². The van der Waals surface area contributed by atoms with Crippen LogP contribution in [0.3, 0.4) is 0 Å². The quantitative estimate of drug-likeness (QED) is 0.292. The third kappa shape index (κ3) is 3.80. The first-order valence-electron chi connectivity index (χ1n) is 10.5. The second-order valence-electron chi connectivity index (χ2n) is 7.47. The minimum atomic E-state index is -0.513. The Hall–Kier alpha value is -3.78. The summed E-state index contributed by atoms with van der Waals surface area (Å²) in [7, 11) is 3.66. The minimum Gasteiger partial charge on any atom is -0.410 e. The summed E-state index contributed by atoms with van der Waals surface area (Å²) in [4.78, 5) is 34.8. The highest BCUT2D eigenvalue weighted by Gasteiger charge is 2.20. The first-order valence-corrected chi connectivity index (χ1v) is 10.5. The Balaban J connectivity index is 1.92. The maximum atomic E-state index is 13.2. The zero-order valence-electron chi connectivity index (χ0n) is 18.5. The summed E-state index contributed by atoms with van der Waals surface area (Å²) >= 11 is 0. The van der Waals surface area contributed by atoms with E-state index in [0.717, 1.165) is 10.8 Å². The third-order valence-corrected chi connectivity index (χ3v) is 5.22. The smallest absolute Gasteiger partial charge is 0.410 e. The highest BCUT2D eigenvalue weighted by atomic mass is 16.6. The molecule has 0 bridgehead atoms. The van der Waals surface area contributed by atoms with Crippen molar-refractivity contribution in [3.63, 3.8) is 0 Å². The van der Waals surface area contributed by atoms with Crippen LogP contribution >= 0.6 is 0 Å². The number of carbonyl (C=O) groups excluding carboxylic acids is 2. The van der Waals surface area contributed by atoms with Crippen LogP contribution < -0.4 is 10.1 Å². The number of ether oxygens (including phenoxy) is 1. The van der Waals surface area contributed by atoms with Crippen molar-refractivity contribution < 1.29 is 14.3 Å². The maximum Gasteiger partial charge on any atom is 0.412 e. The Morgan fingerprint density at radius 1 is 0.906 bits per heavy atom. The molecule has 4 aromatic rings. The molecule has 1 aromatic heterocycles. The van der Waals surface area contributed by atoms with E-state index >= 15 is 0 Å². The molecule has 0 aliphatic rings. The molecule has 8 heteroatoms. The van der Waals surface area contributed by atoms with Crippen LogP contribution in [-0.2, 0) is 0 Å². The summed E-state index contributed by atoms with van der Waals surface area (Å²) in [6, 6.07) is 14.6. The molecule has 0 aliphatic carbocycles. The molecule has 2 amide bonds. The molecule has 0 saturated carbocycles. The van der Waals surface area contributed by atoms with Crippen molar-refractivity contribution in [2.75, 3.05) is 27.2 Å². The summed E-state index contributed by atoms with van der Waals surface area (Å²) in [5.41, 5.74) is 3.01. The number of hydrogen-bond acceptors (Lipinski definition) is 6. The first-order chi connectivity index (χ1) is 15.4. The number of fused-ring (bicyclic) bond motifs is 4. The van der Waals surface area contributed by atoms with Gasteiger partial charge in [-0.3, -0.25) is 9.80 Å². The van der Waals surface area contributed by atoms with Gasteiger partial charge in [0.05, 0.1) is 22.1 Å². The average Bonchev–Trinajstić information content (AvgIpc) is 2.77. The van der Waals surface area contributed by atoms with E-state index in [1.165, 1.54) is 0 Å². The fraction of sp³-hybridized carbons (Fsp3) is 0.250. The molecule has 8 nitrogen and oxygen atoms in total. The maximum absolute atomic E-state index is 13.2. The van der Waals surface area contributed by atoms with E-state index in [1.54, 1.807) is 22.2 Å². The fourth-order valence-electron chi connectivity index (χ4n) is 3.78. The highest BCUT2D eigenvalue weighted by molar-refractivity contribution is 6.11. The molecule has 0 atom stereocenters. The molecule has 32 heavy (non-hydrogen) atoms. The molecular formula is C24H25N5O3. The van der Waals surface area contributed by atoms with Crippen molar-refractivity contribution in [2.45, 2.75) is 13.8 Å². The molecule has 0 fully saturated rings. The minimum absolute atomic E-state index is 0.141. The molecule has 1 heterocycles. The van der Waals surface area contributed by atoms with Gasteiger partial charge >= 0.3 is 6.09 Å². The SMILES string of the molecule is CCNC(=O)Oc1cccc2c1ccc1nc3cccc(C(=O)N(CC)N(C)C)c3nc12. The average molecular weight is 431 g/mol. The van der Waals surface area contributed by atoms with Crippen molar-refractivity contribution in [1.82, 2.24) is 25.3 Å². The van der Waals surface area contributed by atoms with Gasteiger partial charge in [-0.05, 0) is 44.2 Å². The summed E-state index contributed by atoms with van der Waals surface area (Å²) < 4.78 is 5.47. The lowest BCUT2D eigenvalue weighted by atomic mass is 10.1. The normalized spacial score (nSPS) is 11.3. The predicted octanol–water partition coefficient (Wildman–Crippen LogP) is 3.98. The Kier molecular flexibility index (Phi) is 5.87. The third-order valence-electron chi connectivity index (χ3n) is 5.22. The van der Waals surface area contributed by atoms with Gasteiger partial charge in [0, 0.05) is 38.0 Å². The summed E-state index contributed by atoms with van der Waals surface area (Å²) in [6.45, 7) is 4.76. The zero-order chi connectivity index (χ0) is 22.8. The largest absolute Gasteiger partial charge is 0.412 e. The number of nitrogens with zero attached hydrogens (tertiary/aromatic N) is 4. The van der Waals surface area contributed by atoms with Crippen molar-refractivity contribution in [3.05, 3.63) is 54.1 Å². The predicted molar refractivity (Wildman–Crippen MR) is 125 cm³/mol. The lowest BCUT2D eigenvalue weighted by Gasteiger charge is -2.27. The monoisotopic (exact) mass is 431 g/mol. The van der Waals surface area contributed by atoms with Crippen molar-refractivity contribution in [2.24, 2.45) is 0 Å². The molecule has 0 spiro atoms. The van der Waals surface area contributed by atoms with Gasteiger partial charge in [-0.1, -0.05) is 18.2 Å². The van der Waals surface area contributed by atoms with E-state index in [4.69, 9.17) is 14.7 Å². The van der Waals surface area contributed by atoms with Crippen LogP contribution in [-0.4, -0.2) is 59.2 Å². The fourth-order valence-corrected chi connectivity index (χ4v) is 3.78. The number of para-hydroxylation sites is 1. The molecule has 0 saturated heterocycles. The first kappa shape index (κ1) is 21.5. The van der Waals surface area contributed by atoms with Crippen LogP contribution in [0, 0.1) is 0 Å². The van der Waals surface area contributed by atoms with Crippen molar-refractivity contribution >= 4 is 44.8 Å². The second-order valence-corrected chi connectivity index (χ2v) is 7.47. The van der Waals surface area contributed by atoms with Crippen LogP contribution in [0.1, 0.15) is 24.2 Å². The second kappa shape index (κ2) is 8.76. The summed E-state index contributed by atoms with van der Waals surface area (Å²) in [5.74, 6) is 0.295. The standard InChI is InChI=1S/C24H25N5O3/c1-5-25-24(31)32-20-12-8-9-16-15(20)13-14-19-21(16)27-22-17(10-7-11-18(22)26-19)23(30)29(6-2)28(3)4/h7-14H,5-6H2,1-4H3,(H,25,31). The van der Waals surface area contributed by atoms with Gasteiger partial charge in [-0.2, -0.15) is 0 Å². The van der Waals surface area contributed by atoms with Gasteiger partial charge in [0.2, 0.25) is 0 Å². The van der Waals surface area contributed by atoms with Crippen LogP contribution in [0.5, 0.6) is 5.75 Å². The number of amides is 2. The topological polar surface area (TPSA) is 87.7 Å². The molecule has 4 rings (SSSR count). The molecule has 1 N–H and O–H groups in total. The highest BCUT2D eigenvalue weighted by Crippen LogP contribution is 2.32. The van der Waals surface area contributed by atoms with Gasteiger partial charge in [0.1, 0.15) is 11.3 Å². The number of rotatable bonds is 5. The molecule has 0 aliphatic heterocycles. The van der Waals surface area contributed by atoms with E-state index in [-0.39, 0.29) is 5.91 Å². The van der Waals surface area contributed by atoms with Gasteiger partial charge < -0.3 is 10.1 Å². The van der Waals surface area contributed by atoms with Crippen LogP contribution in [0.25, 0.3) is 32.8 Å². The van der Waals surface area contributed by atoms with Crippen molar-refractivity contribution in [3.8, 4) is 5.75 Å². The Morgan fingerprint density at radius 3 is 2.38 bits per heavy atom. The van der Waals surface area contributed by atoms with E-state index < -0.39 is 6.09 Å². The molecular weight excluding hydrogens is 406 g/mol. The molecule has 164 valence electrons. The van der Waals surface area contributed by atoms with E-state index in [2.05, 4.69) is 5.32 Å². The Morgan fingerprint density at radius 2 is 1.66 bits per heavy atom. The van der Waals surface area contributed by atoms with Gasteiger partial charge in [0.15, 0.2) is 0 Å². The molecule has 0 radical (unpaired) electrons. The number of carbonyl (C=O) groups is 2. The number of hydrogen-bond donors (Lipinski definition) is 1. The van der Waals surface area contributed by atoms with E-state index in [0.29, 0.717) is 46.5 Å². The van der Waals surface area contributed by atoms with Crippen molar-refractivity contribution in [1.29, 1.82) is 0 Å². The Labute approximate surface area is 185 Å². The Bertz CT molecular complexity index is 1340. The lowest BCUT2D eigenvalue weighted by Crippen LogP contribution is -2.41. The number of aromatic nitrogens is 2. The van der Waals surface area contributed by atoms with E-state index in [9.17, 15) is 9.59 Å². The van der Waals surface area contributed by atoms with Gasteiger partial charge in [-0.25, -0.2) is 19.8 Å². The van der Waals surface area contributed by atoms with Crippen LogP contribution in [0.4, 0.5) is 4.79 Å².